The molecule has 4 nitrogen and oxygen atoms in total. The molecule has 0 radical (unpaired) electrons. The number of primary amides is 1. The van der Waals surface area contributed by atoms with Gasteiger partial charge in [0.25, 0.3) is 0 Å². The summed E-state index contributed by atoms with van der Waals surface area (Å²) in [5.74, 6) is -0.208. The maximum atomic E-state index is 12.0. The first-order valence-corrected chi connectivity index (χ1v) is 6.72. The van der Waals surface area contributed by atoms with Crippen molar-refractivity contribution >= 4 is 11.7 Å². The predicted molar refractivity (Wildman–Crippen MR) is 76.3 cm³/mol. The zero-order valence-corrected chi connectivity index (χ0v) is 11.3. The quantitative estimate of drug-likeness (QED) is 0.909. The van der Waals surface area contributed by atoms with Crippen molar-refractivity contribution in [1.82, 2.24) is 4.57 Å². The van der Waals surface area contributed by atoms with Crippen molar-refractivity contribution < 1.29 is 9.59 Å². The molecule has 1 aliphatic rings. The molecule has 1 aromatic carbocycles. The Labute approximate surface area is 117 Å². The summed E-state index contributed by atoms with van der Waals surface area (Å²) in [5.41, 5.74) is 9.66. The molecule has 1 aromatic heterocycles. The number of aromatic nitrogens is 1. The van der Waals surface area contributed by atoms with E-state index in [-0.39, 0.29) is 5.78 Å². The molecule has 0 saturated carbocycles. The Hall–Kier alpha value is -2.36. The summed E-state index contributed by atoms with van der Waals surface area (Å²) >= 11 is 0. The molecule has 2 aromatic rings. The van der Waals surface area contributed by atoms with Gasteiger partial charge in [-0.05, 0) is 50.1 Å². The van der Waals surface area contributed by atoms with E-state index in [4.69, 9.17) is 5.73 Å². The Kier molecular flexibility index (Phi) is 2.93. The number of fused-ring (bicyclic) bond motifs is 1. The molecule has 0 spiro atoms. The second-order valence-corrected chi connectivity index (χ2v) is 5.17. The summed E-state index contributed by atoms with van der Waals surface area (Å²) < 4.78 is 2.09. The first-order valence-electron chi connectivity index (χ1n) is 6.72. The van der Waals surface area contributed by atoms with Gasteiger partial charge in [0, 0.05) is 34.6 Å². The monoisotopic (exact) mass is 268 g/mol. The number of Topliss-reactive ketones (excluding diaryl/α,β-unsaturated/α-hetero) is 1. The molecule has 0 atom stereocenters. The van der Waals surface area contributed by atoms with Crippen molar-refractivity contribution in [2.45, 2.75) is 26.2 Å². The third-order valence-corrected chi connectivity index (χ3v) is 3.81. The predicted octanol–water partition coefficient (Wildman–Crippen LogP) is 2.40. The SMILES string of the molecule is Cc1cc2c(n1-c1ccc(C(N)=O)cc1)CCCC2=O. The van der Waals surface area contributed by atoms with Gasteiger partial charge in [0.2, 0.25) is 5.91 Å². The fraction of sp³-hybridized carbons (Fsp3) is 0.250. The van der Waals surface area contributed by atoms with Crippen molar-refractivity contribution in [3.63, 3.8) is 0 Å². The van der Waals surface area contributed by atoms with Crippen LogP contribution in [0.3, 0.4) is 0 Å². The fourth-order valence-electron chi connectivity index (χ4n) is 2.86. The normalized spacial score (nSPS) is 14.2. The number of carbonyl (C=O) groups is 2. The summed E-state index contributed by atoms with van der Waals surface area (Å²) in [6, 6.07) is 9.13. The van der Waals surface area contributed by atoms with Gasteiger partial charge in [-0.2, -0.15) is 0 Å². The van der Waals surface area contributed by atoms with Gasteiger partial charge in [-0.1, -0.05) is 0 Å². The minimum atomic E-state index is -0.432. The fourth-order valence-corrected chi connectivity index (χ4v) is 2.86. The molecule has 1 amide bonds. The zero-order valence-electron chi connectivity index (χ0n) is 11.3. The number of nitrogens with two attached hydrogens (primary N) is 1. The van der Waals surface area contributed by atoms with Crippen LogP contribution in [-0.4, -0.2) is 16.3 Å². The summed E-state index contributed by atoms with van der Waals surface area (Å²) in [6.07, 6.45) is 2.44. The number of aryl methyl sites for hydroxylation is 1. The van der Waals surface area contributed by atoms with Crippen LogP contribution in [0.2, 0.25) is 0 Å². The first-order chi connectivity index (χ1) is 9.58. The zero-order chi connectivity index (χ0) is 14.3. The number of rotatable bonds is 2. The summed E-state index contributed by atoms with van der Waals surface area (Å²) in [4.78, 5) is 23.1. The van der Waals surface area contributed by atoms with Crippen LogP contribution in [0.25, 0.3) is 5.69 Å². The van der Waals surface area contributed by atoms with E-state index in [9.17, 15) is 9.59 Å². The Morgan fingerprint density at radius 1 is 1.20 bits per heavy atom. The molecule has 3 rings (SSSR count). The molecule has 1 aliphatic carbocycles. The van der Waals surface area contributed by atoms with Gasteiger partial charge < -0.3 is 10.3 Å². The second-order valence-electron chi connectivity index (χ2n) is 5.17. The van der Waals surface area contributed by atoms with E-state index in [0.29, 0.717) is 12.0 Å². The van der Waals surface area contributed by atoms with Gasteiger partial charge >= 0.3 is 0 Å². The van der Waals surface area contributed by atoms with Crippen LogP contribution in [0.15, 0.2) is 30.3 Å². The first kappa shape index (κ1) is 12.7. The molecule has 0 saturated heterocycles. The number of ketones is 1. The third kappa shape index (κ3) is 1.93. The van der Waals surface area contributed by atoms with Crippen LogP contribution >= 0.6 is 0 Å². The number of benzene rings is 1. The molecule has 0 aliphatic heterocycles. The van der Waals surface area contributed by atoms with Crippen molar-refractivity contribution in [3.05, 3.63) is 52.8 Å². The molecule has 102 valence electrons. The Balaban J connectivity index is 2.10. The highest BCUT2D eigenvalue weighted by Gasteiger charge is 2.23. The van der Waals surface area contributed by atoms with Crippen molar-refractivity contribution in [2.75, 3.05) is 0 Å². The van der Waals surface area contributed by atoms with Crippen LogP contribution < -0.4 is 5.73 Å². The molecule has 0 bridgehead atoms. The third-order valence-electron chi connectivity index (χ3n) is 3.81. The maximum absolute atomic E-state index is 12.0. The van der Waals surface area contributed by atoms with Gasteiger partial charge in [0.05, 0.1) is 0 Å². The van der Waals surface area contributed by atoms with E-state index in [1.807, 2.05) is 25.1 Å². The van der Waals surface area contributed by atoms with E-state index in [1.165, 1.54) is 0 Å². The number of amides is 1. The van der Waals surface area contributed by atoms with Crippen molar-refractivity contribution in [3.8, 4) is 5.69 Å². The molecular formula is C16H16N2O2. The van der Waals surface area contributed by atoms with Gasteiger partial charge in [-0.3, -0.25) is 9.59 Å². The number of hydrogen-bond donors (Lipinski definition) is 1. The van der Waals surface area contributed by atoms with Crippen LogP contribution in [0, 0.1) is 6.92 Å². The van der Waals surface area contributed by atoms with E-state index in [0.717, 1.165) is 35.5 Å². The van der Waals surface area contributed by atoms with E-state index in [2.05, 4.69) is 4.57 Å². The molecular weight excluding hydrogens is 252 g/mol. The average Bonchev–Trinajstić information content (AvgIpc) is 2.77. The Morgan fingerprint density at radius 2 is 1.90 bits per heavy atom. The van der Waals surface area contributed by atoms with Crippen LogP contribution in [0.4, 0.5) is 0 Å². The van der Waals surface area contributed by atoms with E-state index in [1.54, 1.807) is 12.1 Å². The van der Waals surface area contributed by atoms with Crippen LogP contribution in [0.1, 0.15) is 44.9 Å². The number of hydrogen-bond acceptors (Lipinski definition) is 2. The second kappa shape index (κ2) is 4.63. The summed E-state index contributed by atoms with van der Waals surface area (Å²) in [7, 11) is 0. The van der Waals surface area contributed by atoms with Crippen molar-refractivity contribution in [2.24, 2.45) is 5.73 Å². The standard InChI is InChI=1S/C16H16N2O2/c1-10-9-13-14(3-2-4-15(13)19)18(10)12-7-5-11(6-8-12)16(17)20/h5-9H,2-4H2,1H3,(H2,17,20). The van der Waals surface area contributed by atoms with Gasteiger partial charge in [0.1, 0.15) is 0 Å². The molecule has 2 N–H and O–H groups in total. The molecule has 4 heteroatoms. The highest BCUT2D eigenvalue weighted by atomic mass is 16.1. The van der Waals surface area contributed by atoms with Gasteiger partial charge in [0.15, 0.2) is 5.78 Å². The average molecular weight is 268 g/mol. The lowest BCUT2D eigenvalue weighted by Crippen LogP contribution is -2.13. The Bertz CT molecular complexity index is 696. The lowest BCUT2D eigenvalue weighted by atomic mass is 9.96. The summed E-state index contributed by atoms with van der Waals surface area (Å²) in [5, 5.41) is 0. The lowest BCUT2D eigenvalue weighted by molar-refractivity contribution is 0.0970. The lowest BCUT2D eigenvalue weighted by Gasteiger charge is -2.16. The highest BCUT2D eigenvalue weighted by Crippen LogP contribution is 2.28. The Morgan fingerprint density at radius 3 is 2.55 bits per heavy atom. The molecule has 0 fully saturated rings. The number of nitrogens with zero attached hydrogens (tertiary/aromatic N) is 1. The molecule has 0 unspecified atom stereocenters. The number of carbonyl (C=O) groups excluding carboxylic acids is 2. The van der Waals surface area contributed by atoms with Gasteiger partial charge in [-0.25, -0.2) is 0 Å². The minimum Gasteiger partial charge on any atom is -0.366 e. The topological polar surface area (TPSA) is 65.1 Å². The van der Waals surface area contributed by atoms with E-state index < -0.39 is 5.91 Å². The smallest absolute Gasteiger partial charge is 0.248 e. The molecule has 1 heterocycles. The van der Waals surface area contributed by atoms with Gasteiger partial charge in [-0.15, -0.1) is 0 Å². The summed E-state index contributed by atoms with van der Waals surface area (Å²) in [6.45, 7) is 1.99. The minimum absolute atomic E-state index is 0.224. The van der Waals surface area contributed by atoms with Crippen molar-refractivity contribution in [1.29, 1.82) is 0 Å². The van der Waals surface area contributed by atoms with E-state index >= 15 is 0 Å². The largest absolute Gasteiger partial charge is 0.366 e. The molecule has 20 heavy (non-hydrogen) atoms. The van der Waals surface area contributed by atoms with Crippen LogP contribution in [-0.2, 0) is 6.42 Å². The van der Waals surface area contributed by atoms with Crippen LogP contribution in [0.5, 0.6) is 0 Å². The maximum Gasteiger partial charge on any atom is 0.248 e. The highest BCUT2D eigenvalue weighted by molar-refractivity contribution is 5.98.